The van der Waals surface area contributed by atoms with E-state index >= 15 is 0 Å². The zero-order valence-electron chi connectivity index (χ0n) is 12.6. The monoisotopic (exact) mass is 381 g/mol. The first-order valence-electron chi connectivity index (χ1n) is 6.66. The van der Waals surface area contributed by atoms with E-state index in [1.54, 1.807) is 13.1 Å². The van der Waals surface area contributed by atoms with E-state index < -0.39 is 18.3 Å². The number of hydrogen-bond acceptors (Lipinski definition) is 3. The van der Waals surface area contributed by atoms with Crippen LogP contribution in [0.2, 0.25) is 0 Å². The van der Waals surface area contributed by atoms with Crippen molar-refractivity contribution in [2.24, 2.45) is 0 Å². The molecule has 1 aliphatic heterocycles. The maximum absolute atomic E-state index is 14.0. The van der Waals surface area contributed by atoms with Crippen LogP contribution in [-0.2, 0) is 29.7 Å². The molecular formula is C14H17BFN2O2Pd-. The molecule has 0 radical (unpaired) electrons. The quantitative estimate of drug-likeness (QED) is 0.708. The fourth-order valence-electron chi connectivity index (χ4n) is 2.41. The Bertz CT molecular complexity index is 671. The zero-order valence-corrected chi connectivity index (χ0v) is 14.2. The Balaban J connectivity index is 0.00000161. The molecule has 0 spiro atoms. The van der Waals surface area contributed by atoms with Gasteiger partial charge in [0, 0.05) is 25.9 Å². The summed E-state index contributed by atoms with van der Waals surface area (Å²) in [4.78, 5) is 0. The molecule has 0 unspecified atom stereocenters. The number of halogens is 1. The Morgan fingerprint density at radius 1 is 1.19 bits per heavy atom. The summed E-state index contributed by atoms with van der Waals surface area (Å²) in [5.74, 6) is -0.317. The Hall–Kier alpha value is -0.733. The van der Waals surface area contributed by atoms with Crippen LogP contribution in [0.25, 0.3) is 10.9 Å². The van der Waals surface area contributed by atoms with Gasteiger partial charge >= 0.3 is 7.12 Å². The van der Waals surface area contributed by atoms with Gasteiger partial charge in [-0.3, -0.25) is 0 Å². The molecule has 1 aromatic heterocycles. The van der Waals surface area contributed by atoms with Crippen molar-refractivity contribution < 1.29 is 34.1 Å². The molecule has 0 bridgehead atoms. The molecule has 116 valence electrons. The van der Waals surface area contributed by atoms with Crippen molar-refractivity contribution in [3.8, 4) is 0 Å². The second-order valence-electron chi connectivity index (χ2n) is 6.26. The Labute approximate surface area is 137 Å². The molecule has 0 atom stereocenters. The minimum absolute atomic E-state index is 0. The SMILES string of the molecule is Cc1c(F)cc2n[n-]cc2c1B1OC(C)(C)C(C)(C)O1.[Pd]. The summed E-state index contributed by atoms with van der Waals surface area (Å²) in [5.41, 5.74) is 0.805. The summed E-state index contributed by atoms with van der Waals surface area (Å²) < 4.78 is 26.1. The first-order chi connectivity index (χ1) is 9.23. The van der Waals surface area contributed by atoms with Crippen LogP contribution in [0.15, 0.2) is 12.3 Å². The molecule has 0 saturated carbocycles. The van der Waals surface area contributed by atoms with Crippen molar-refractivity contribution >= 4 is 23.5 Å². The molecule has 2 heterocycles. The molecule has 4 nitrogen and oxygen atoms in total. The van der Waals surface area contributed by atoms with Crippen LogP contribution in [0.3, 0.4) is 0 Å². The average molecular weight is 382 g/mol. The largest absolute Gasteiger partial charge is 0.581 e. The van der Waals surface area contributed by atoms with Gasteiger partial charge in [-0.05, 0) is 57.1 Å². The first-order valence-corrected chi connectivity index (χ1v) is 6.66. The number of aromatic nitrogens is 2. The van der Waals surface area contributed by atoms with Gasteiger partial charge < -0.3 is 19.5 Å². The number of hydrogen-bond donors (Lipinski definition) is 0. The van der Waals surface area contributed by atoms with Crippen LogP contribution in [0, 0.1) is 12.7 Å². The normalized spacial score (nSPS) is 19.8. The third-order valence-electron chi connectivity index (χ3n) is 4.43. The summed E-state index contributed by atoms with van der Waals surface area (Å²) in [7, 11) is -0.607. The van der Waals surface area contributed by atoms with Gasteiger partial charge in [-0.15, -0.1) is 0 Å². The molecule has 3 rings (SSSR count). The summed E-state index contributed by atoms with van der Waals surface area (Å²) >= 11 is 0. The summed E-state index contributed by atoms with van der Waals surface area (Å²) in [6.45, 7) is 9.61. The van der Waals surface area contributed by atoms with E-state index in [2.05, 4.69) is 10.2 Å². The Morgan fingerprint density at radius 2 is 1.76 bits per heavy atom. The van der Waals surface area contributed by atoms with Gasteiger partial charge in [-0.1, -0.05) is 0 Å². The van der Waals surface area contributed by atoms with E-state index in [0.717, 1.165) is 5.39 Å². The standard InChI is InChI=1S/C14H17BFN2O2.Pd/c1-8-10(16)6-11-9(7-17-18-11)12(8)15-19-13(2,3)14(4,5)20-15;/h6-7H,1-5H3;/q-1;. The second-order valence-corrected chi connectivity index (χ2v) is 6.26. The molecule has 1 aliphatic rings. The molecule has 0 N–H and O–H groups in total. The third-order valence-corrected chi connectivity index (χ3v) is 4.43. The van der Waals surface area contributed by atoms with Gasteiger partial charge in [0.15, 0.2) is 0 Å². The van der Waals surface area contributed by atoms with Gasteiger partial charge in [-0.25, -0.2) is 4.39 Å². The van der Waals surface area contributed by atoms with E-state index in [0.29, 0.717) is 16.5 Å². The first kappa shape index (κ1) is 16.6. The molecule has 7 heteroatoms. The minimum Gasteiger partial charge on any atom is -0.581 e. The van der Waals surface area contributed by atoms with Crippen LogP contribution >= 0.6 is 0 Å². The molecule has 21 heavy (non-hydrogen) atoms. The van der Waals surface area contributed by atoms with Gasteiger partial charge in [0.25, 0.3) is 0 Å². The number of benzene rings is 1. The van der Waals surface area contributed by atoms with E-state index in [1.165, 1.54) is 6.07 Å². The van der Waals surface area contributed by atoms with Crippen LogP contribution in [0.5, 0.6) is 0 Å². The smallest absolute Gasteiger partial charge is 0.495 e. The fraction of sp³-hybridized carbons (Fsp3) is 0.500. The molecule has 1 saturated heterocycles. The van der Waals surface area contributed by atoms with Crippen molar-refractivity contribution in [1.82, 2.24) is 10.2 Å². The zero-order chi connectivity index (χ0) is 14.7. The minimum atomic E-state index is -0.607. The summed E-state index contributed by atoms with van der Waals surface area (Å²) in [6, 6.07) is 1.40. The summed E-state index contributed by atoms with van der Waals surface area (Å²) in [6.07, 6.45) is 1.63. The van der Waals surface area contributed by atoms with Crippen LogP contribution in [0.4, 0.5) is 4.39 Å². The van der Waals surface area contributed by atoms with Crippen molar-refractivity contribution in [1.29, 1.82) is 0 Å². The van der Waals surface area contributed by atoms with E-state index in [-0.39, 0.29) is 26.2 Å². The predicted molar refractivity (Wildman–Crippen MR) is 75.5 cm³/mol. The number of nitrogens with zero attached hydrogens (tertiary/aromatic N) is 2. The molecule has 1 fully saturated rings. The Kier molecular flexibility index (Phi) is 4.09. The maximum Gasteiger partial charge on any atom is 0.495 e. The van der Waals surface area contributed by atoms with Crippen molar-refractivity contribution in [3.63, 3.8) is 0 Å². The molecule has 0 amide bonds. The maximum atomic E-state index is 14.0. The topological polar surface area (TPSA) is 45.5 Å². The number of fused-ring (bicyclic) bond motifs is 1. The van der Waals surface area contributed by atoms with Crippen LogP contribution in [0.1, 0.15) is 33.3 Å². The molecule has 2 aromatic rings. The molecule has 0 aliphatic carbocycles. The Morgan fingerprint density at radius 3 is 2.33 bits per heavy atom. The van der Waals surface area contributed by atoms with Gasteiger partial charge in [0.2, 0.25) is 0 Å². The van der Waals surface area contributed by atoms with Gasteiger partial charge in [0.1, 0.15) is 5.82 Å². The second kappa shape index (κ2) is 5.17. The van der Waals surface area contributed by atoms with Gasteiger partial charge in [-0.2, -0.15) is 6.20 Å². The van der Waals surface area contributed by atoms with Crippen molar-refractivity contribution in [2.75, 3.05) is 0 Å². The molecular weight excluding hydrogens is 364 g/mol. The fourth-order valence-corrected chi connectivity index (χ4v) is 2.41. The third kappa shape index (κ3) is 2.47. The van der Waals surface area contributed by atoms with Crippen molar-refractivity contribution in [2.45, 2.75) is 45.8 Å². The van der Waals surface area contributed by atoms with Gasteiger partial charge in [0.05, 0.1) is 11.2 Å². The molecule has 1 aromatic carbocycles. The number of rotatable bonds is 1. The average Bonchev–Trinajstić information content (AvgIpc) is 2.83. The summed E-state index contributed by atoms with van der Waals surface area (Å²) in [5, 5.41) is 8.56. The van der Waals surface area contributed by atoms with Crippen molar-refractivity contribution in [3.05, 3.63) is 23.6 Å². The van der Waals surface area contributed by atoms with Crippen LogP contribution in [-0.4, -0.2) is 23.4 Å². The van der Waals surface area contributed by atoms with E-state index in [1.807, 2.05) is 27.7 Å². The van der Waals surface area contributed by atoms with Crippen LogP contribution < -0.4 is 10.6 Å². The predicted octanol–water partition coefficient (Wildman–Crippen LogP) is 1.94. The van der Waals surface area contributed by atoms with E-state index in [4.69, 9.17) is 9.31 Å². The van der Waals surface area contributed by atoms with E-state index in [9.17, 15) is 4.39 Å².